The number of rotatable bonds is 4. The van der Waals surface area contributed by atoms with Gasteiger partial charge in [0, 0.05) is 49.3 Å². The number of benzene rings is 1. The summed E-state index contributed by atoms with van der Waals surface area (Å²) in [5.74, 6) is 1.08. The Labute approximate surface area is 163 Å². The molecule has 2 aromatic heterocycles. The van der Waals surface area contributed by atoms with Gasteiger partial charge in [-0.15, -0.1) is 0 Å². The van der Waals surface area contributed by atoms with Crippen LogP contribution in [0.1, 0.15) is 36.0 Å². The van der Waals surface area contributed by atoms with Crippen molar-refractivity contribution in [3.8, 4) is 0 Å². The maximum Gasteiger partial charge on any atom is 0.253 e. The van der Waals surface area contributed by atoms with Gasteiger partial charge in [-0.2, -0.15) is 0 Å². The Kier molecular flexibility index (Phi) is 4.35. The SMILES string of the molecule is O=C(c1ccc2nccnc2c1)N1CCC(N(c2ccncn2)C2CC2)CC1. The number of hydrogen-bond acceptors (Lipinski definition) is 6. The molecule has 2 aliphatic rings. The van der Waals surface area contributed by atoms with E-state index in [0.717, 1.165) is 42.8 Å². The molecule has 0 spiro atoms. The number of likely N-dealkylation sites (tertiary alicyclic amines) is 1. The summed E-state index contributed by atoms with van der Waals surface area (Å²) >= 11 is 0. The second-order valence-corrected chi connectivity index (χ2v) is 7.49. The molecular weight excluding hydrogens is 352 g/mol. The van der Waals surface area contributed by atoms with E-state index in [1.807, 2.05) is 29.2 Å². The molecule has 0 unspecified atom stereocenters. The lowest BCUT2D eigenvalue weighted by molar-refractivity contribution is 0.0712. The fourth-order valence-electron chi connectivity index (χ4n) is 4.09. The van der Waals surface area contributed by atoms with Crippen LogP contribution in [0.2, 0.25) is 0 Å². The molecule has 1 aromatic carbocycles. The maximum absolute atomic E-state index is 13.0. The highest BCUT2D eigenvalue weighted by Crippen LogP contribution is 2.35. The lowest BCUT2D eigenvalue weighted by Gasteiger charge is -2.39. The number of anilines is 1. The molecule has 1 saturated heterocycles. The van der Waals surface area contributed by atoms with E-state index in [9.17, 15) is 4.79 Å². The average molecular weight is 374 g/mol. The first-order valence-electron chi connectivity index (χ1n) is 9.84. The molecule has 2 fully saturated rings. The standard InChI is InChI=1S/C21H22N6O/c28-21(15-1-4-18-19(13-15)24-10-9-23-18)26-11-6-17(7-12-26)27(16-2-3-16)20-5-8-22-14-25-20/h1,4-5,8-10,13-14,16-17H,2-3,6-7,11-12H2. The largest absolute Gasteiger partial charge is 0.350 e. The van der Waals surface area contributed by atoms with Crippen LogP contribution in [-0.2, 0) is 0 Å². The van der Waals surface area contributed by atoms with Gasteiger partial charge < -0.3 is 9.80 Å². The highest BCUT2D eigenvalue weighted by molar-refractivity contribution is 5.97. The van der Waals surface area contributed by atoms with Gasteiger partial charge in [-0.25, -0.2) is 9.97 Å². The first kappa shape index (κ1) is 17.0. The summed E-state index contributed by atoms with van der Waals surface area (Å²) in [4.78, 5) is 34.5. The molecule has 0 N–H and O–H groups in total. The van der Waals surface area contributed by atoms with Crippen LogP contribution in [0, 0.1) is 0 Å². The van der Waals surface area contributed by atoms with E-state index in [1.54, 1.807) is 24.9 Å². The summed E-state index contributed by atoms with van der Waals surface area (Å²) in [5.41, 5.74) is 2.25. The van der Waals surface area contributed by atoms with Gasteiger partial charge in [-0.05, 0) is 49.9 Å². The van der Waals surface area contributed by atoms with Crippen LogP contribution in [0.5, 0.6) is 0 Å². The monoisotopic (exact) mass is 374 g/mol. The molecule has 1 amide bonds. The number of hydrogen-bond donors (Lipinski definition) is 0. The number of fused-ring (bicyclic) bond motifs is 1. The van der Waals surface area contributed by atoms with Crippen molar-refractivity contribution in [3.05, 3.63) is 54.7 Å². The van der Waals surface area contributed by atoms with Gasteiger partial charge >= 0.3 is 0 Å². The van der Waals surface area contributed by atoms with Gasteiger partial charge in [0.15, 0.2) is 0 Å². The van der Waals surface area contributed by atoms with Crippen molar-refractivity contribution >= 4 is 22.8 Å². The quantitative estimate of drug-likeness (QED) is 0.699. The summed E-state index contributed by atoms with van der Waals surface area (Å²) < 4.78 is 0. The number of carbonyl (C=O) groups excluding carboxylic acids is 1. The molecule has 0 atom stereocenters. The average Bonchev–Trinajstić information content (AvgIpc) is 3.59. The topological polar surface area (TPSA) is 75.1 Å². The van der Waals surface area contributed by atoms with Crippen LogP contribution < -0.4 is 4.90 Å². The van der Waals surface area contributed by atoms with E-state index in [0.29, 0.717) is 17.6 Å². The second-order valence-electron chi connectivity index (χ2n) is 7.49. The Morgan fingerprint density at radius 1 is 0.893 bits per heavy atom. The van der Waals surface area contributed by atoms with Crippen molar-refractivity contribution in [1.29, 1.82) is 0 Å². The van der Waals surface area contributed by atoms with Crippen LogP contribution >= 0.6 is 0 Å². The van der Waals surface area contributed by atoms with Crippen molar-refractivity contribution in [2.24, 2.45) is 0 Å². The molecule has 0 radical (unpaired) electrons. The Bertz CT molecular complexity index is 982. The normalized spacial score (nSPS) is 17.6. The van der Waals surface area contributed by atoms with Crippen molar-refractivity contribution in [2.75, 3.05) is 18.0 Å². The second kappa shape index (κ2) is 7.14. The van der Waals surface area contributed by atoms with Gasteiger partial charge in [0.1, 0.15) is 12.1 Å². The molecule has 142 valence electrons. The number of aromatic nitrogens is 4. The summed E-state index contributed by atoms with van der Waals surface area (Å²) in [6.07, 6.45) is 11.1. The Morgan fingerprint density at radius 3 is 2.36 bits per heavy atom. The Hall–Kier alpha value is -3.09. The minimum Gasteiger partial charge on any atom is -0.350 e. The molecule has 0 bridgehead atoms. The smallest absolute Gasteiger partial charge is 0.253 e. The van der Waals surface area contributed by atoms with E-state index in [-0.39, 0.29) is 5.91 Å². The van der Waals surface area contributed by atoms with E-state index in [4.69, 9.17) is 0 Å². The third-order valence-corrected chi connectivity index (χ3v) is 5.63. The van der Waals surface area contributed by atoms with Gasteiger partial charge in [-0.1, -0.05) is 0 Å². The Balaban J connectivity index is 1.29. The molecule has 1 aliphatic carbocycles. The van der Waals surface area contributed by atoms with Crippen LogP contribution in [0.15, 0.2) is 49.2 Å². The number of carbonyl (C=O) groups is 1. The predicted molar refractivity (Wildman–Crippen MR) is 106 cm³/mol. The molecule has 5 rings (SSSR count). The summed E-state index contributed by atoms with van der Waals surface area (Å²) in [5, 5.41) is 0. The third kappa shape index (κ3) is 3.28. The molecule has 3 aromatic rings. The van der Waals surface area contributed by atoms with Crippen LogP contribution in [-0.4, -0.2) is 55.9 Å². The fourth-order valence-corrected chi connectivity index (χ4v) is 4.09. The molecule has 7 nitrogen and oxygen atoms in total. The van der Waals surface area contributed by atoms with Gasteiger partial charge in [-0.3, -0.25) is 14.8 Å². The van der Waals surface area contributed by atoms with Crippen LogP contribution in [0.4, 0.5) is 5.82 Å². The third-order valence-electron chi connectivity index (χ3n) is 5.63. The van der Waals surface area contributed by atoms with Gasteiger partial charge in [0.2, 0.25) is 0 Å². The molecule has 3 heterocycles. The van der Waals surface area contributed by atoms with Crippen molar-refractivity contribution in [3.63, 3.8) is 0 Å². The molecule has 1 saturated carbocycles. The predicted octanol–water partition coefficient (Wildman–Crippen LogP) is 2.69. The molecular formula is C21H22N6O. The van der Waals surface area contributed by atoms with E-state index in [2.05, 4.69) is 24.8 Å². The van der Waals surface area contributed by atoms with Gasteiger partial charge in [0.05, 0.1) is 11.0 Å². The maximum atomic E-state index is 13.0. The Morgan fingerprint density at radius 2 is 1.64 bits per heavy atom. The highest BCUT2D eigenvalue weighted by atomic mass is 16.2. The molecule has 28 heavy (non-hydrogen) atoms. The van der Waals surface area contributed by atoms with Crippen molar-refractivity contribution in [2.45, 2.75) is 37.8 Å². The van der Waals surface area contributed by atoms with E-state index in [1.165, 1.54) is 12.8 Å². The zero-order valence-corrected chi connectivity index (χ0v) is 15.6. The molecule has 7 heteroatoms. The number of amides is 1. The van der Waals surface area contributed by atoms with Crippen LogP contribution in [0.3, 0.4) is 0 Å². The zero-order valence-electron chi connectivity index (χ0n) is 15.6. The summed E-state index contributed by atoms with van der Waals surface area (Å²) in [6.45, 7) is 1.52. The van der Waals surface area contributed by atoms with Crippen LogP contribution in [0.25, 0.3) is 11.0 Å². The van der Waals surface area contributed by atoms with E-state index < -0.39 is 0 Å². The lowest BCUT2D eigenvalue weighted by atomic mass is 10.0. The highest BCUT2D eigenvalue weighted by Gasteiger charge is 2.37. The van der Waals surface area contributed by atoms with E-state index >= 15 is 0 Å². The first-order valence-corrected chi connectivity index (χ1v) is 9.84. The van der Waals surface area contributed by atoms with Crippen molar-refractivity contribution < 1.29 is 4.79 Å². The number of piperidine rings is 1. The fraction of sp³-hybridized carbons (Fsp3) is 0.381. The lowest BCUT2D eigenvalue weighted by Crippen LogP contribution is -2.48. The first-order chi connectivity index (χ1) is 13.8. The minimum absolute atomic E-state index is 0.0750. The summed E-state index contributed by atoms with van der Waals surface area (Å²) in [6, 6.07) is 8.56. The van der Waals surface area contributed by atoms with Gasteiger partial charge in [0.25, 0.3) is 5.91 Å². The van der Waals surface area contributed by atoms with Crippen molar-refractivity contribution in [1.82, 2.24) is 24.8 Å². The summed E-state index contributed by atoms with van der Waals surface area (Å²) in [7, 11) is 0. The molecule has 1 aliphatic heterocycles. The minimum atomic E-state index is 0.0750. The zero-order chi connectivity index (χ0) is 18.9. The number of nitrogens with zero attached hydrogens (tertiary/aromatic N) is 6.